The Morgan fingerprint density at radius 2 is 2.00 bits per heavy atom. The van der Waals surface area contributed by atoms with E-state index in [1.165, 1.54) is 18.2 Å². The maximum Gasteiger partial charge on any atom is 0.284 e. The quantitative estimate of drug-likeness (QED) is 0.719. The van der Waals surface area contributed by atoms with Gasteiger partial charge < -0.3 is 9.84 Å². The summed E-state index contributed by atoms with van der Waals surface area (Å²) in [5, 5.41) is 9.40. The minimum Gasteiger partial charge on any atom is -0.507 e. The molecule has 0 amide bonds. The molecule has 15 heavy (non-hydrogen) atoms. The average molecular weight is 214 g/mol. The lowest BCUT2D eigenvalue weighted by atomic mass is 9.90. The second kappa shape index (κ2) is 2.84. The zero-order valence-corrected chi connectivity index (χ0v) is 8.55. The van der Waals surface area contributed by atoms with E-state index in [4.69, 9.17) is 4.74 Å². The smallest absolute Gasteiger partial charge is 0.284 e. The first kappa shape index (κ1) is 10.2. The number of aromatic hydroxyl groups is 1. The number of benzene rings is 1. The molecule has 0 saturated carbocycles. The summed E-state index contributed by atoms with van der Waals surface area (Å²) >= 11 is 0. The van der Waals surface area contributed by atoms with Gasteiger partial charge in [-0.2, -0.15) is 0 Å². The van der Waals surface area contributed by atoms with Crippen molar-refractivity contribution in [2.24, 2.45) is 0 Å². The van der Waals surface area contributed by atoms with Crippen molar-refractivity contribution < 1.29 is 18.6 Å². The molecule has 1 N–H and O–H groups in total. The lowest BCUT2D eigenvalue weighted by Gasteiger charge is -2.37. The molecule has 4 heteroatoms. The SMILES string of the molecule is CC1(C)CC(F)(F)c2c(O)cccc2O1. The van der Waals surface area contributed by atoms with Crippen LogP contribution in [0.1, 0.15) is 25.8 Å². The van der Waals surface area contributed by atoms with E-state index in [2.05, 4.69) is 0 Å². The Labute approximate surface area is 86.5 Å². The number of rotatable bonds is 0. The number of phenols is 1. The molecule has 0 aromatic heterocycles. The van der Waals surface area contributed by atoms with Crippen LogP contribution in [-0.2, 0) is 5.92 Å². The lowest BCUT2D eigenvalue weighted by Crippen LogP contribution is -2.40. The van der Waals surface area contributed by atoms with E-state index in [9.17, 15) is 13.9 Å². The molecule has 1 heterocycles. The molecule has 0 aliphatic carbocycles. The van der Waals surface area contributed by atoms with Crippen molar-refractivity contribution in [3.63, 3.8) is 0 Å². The first-order valence-corrected chi connectivity index (χ1v) is 4.71. The van der Waals surface area contributed by atoms with Crippen LogP contribution in [0.4, 0.5) is 8.78 Å². The zero-order chi connectivity index (χ0) is 11.3. The van der Waals surface area contributed by atoms with Crippen molar-refractivity contribution in [2.75, 3.05) is 0 Å². The number of phenolic OH excluding ortho intramolecular Hbond substituents is 1. The molecule has 0 unspecified atom stereocenters. The molecule has 0 saturated heterocycles. The standard InChI is InChI=1S/C11H12F2O2/c1-10(2)6-11(12,13)9-7(14)4-3-5-8(9)15-10/h3-5,14H,6H2,1-2H3. The third-order valence-electron chi connectivity index (χ3n) is 2.40. The van der Waals surface area contributed by atoms with Gasteiger partial charge in [0.25, 0.3) is 5.92 Å². The predicted molar refractivity (Wildman–Crippen MR) is 51.3 cm³/mol. The van der Waals surface area contributed by atoms with Crippen molar-refractivity contribution in [1.29, 1.82) is 0 Å². The molecule has 0 fully saturated rings. The molecule has 0 radical (unpaired) electrons. The molecule has 1 aromatic carbocycles. The van der Waals surface area contributed by atoms with Crippen LogP contribution in [0.5, 0.6) is 11.5 Å². The fourth-order valence-corrected chi connectivity index (χ4v) is 1.93. The molecule has 1 aliphatic heterocycles. The highest BCUT2D eigenvalue weighted by Crippen LogP contribution is 2.50. The van der Waals surface area contributed by atoms with Crippen molar-refractivity contribution in [3.05, 3.63) is 23.8 Å². The van der Waals surface area contributed by atoms with E-state index in [0.29, 0.717) is 0 Å². The Morgan fingerprint density at radius 3 is 2.67 bits per heavy atom. The summed E-state index contributed by atoms with van der Waals surface area (Å²) in [5.74, 6) is -3.38. The molecule has 82 valence electrons. The van der Waals surface area contributed by atoms with E-state index < -0.39 is 29.3 Å². The first-order valence-electron chi connectivity index (χ1n) is 4.71. The highest BCUT2D eigenvalue weighted by Gasteiger charge is 2.48. The summed E-state index contributed by atoms with van der Waals surface area (Å²) in [6.07, 6.45) is -0.426. The average Bonchev–Trinajstić information content (AvgIpc) is 1.97. The molecule has 2 nitrogen and oxygen atoms in total. The minimum atomic E-state index is -3.04. The van der Waals surface area contributed by atoms with Gasteiger partial charge in [-0.3, -0.25) is 0 Å². The molecular formula is C11H12F2O2. The number of alkyl halides is 2. The zero-order valence-electron chi connectivity index (χ0n) is 8.55. The molecular weight excluding hydrogens is 202 g/mol. The van der Waals surface area contributed by atoms with Gasteiger partial charge in [0.1, 0.15) is 22.7 Å². The Hall–Kier alpha value is -1.32. The van der Waals surface area contributed by atoms with Crippen molar-refractivity contribution in [1.82, 2.24) is 0 Å². The summed E-state index contributed by atoms with van der Waals surface area (Å²) in [6.45, 7) is 3.21. The van der Waals surface area contributed by atoms with Gasteiger partial charge in [0.2, 0.25) is 0 Å². The van der Waals surface area contributed by atoms with Crippen LogP contribution in [0, 0.1) is 0 Å². The Morgan fingerprint density at radius 1 is 1.33 bits per heavy atom. The fraction of sp³-hybridized carbons (Fsp3) is 0.455. The topological polar surface area (TPSA) is 29.5 Å². The maximum atomic E-state index is 13.7. The minimum absolute atomic E-state index is 0.0660. The third kappa shape index (κ3) is 1.64. The Balaban J connectivity index is 2.60. The van der Waals surface area contributed by atoms with Crippen LogP contribution in [0.2, 0.25) is 0 Å². The van der Waals surface area contributed by atoms with Crippen LogP contribution in [-0.4, -0.2) is 10.7 Å². The molecule has 0 spiro atoms. The number of fused-ring (bicyclic) bond motifs is 1. The van der Waals surface area contributed by atoms with Gasteiger partial charge in [0.05, 0.1) is 6.42 Å². The van der Waals surface area contributed by atoms with E-state index in [0.717, 1.165) is 0 Å². The van der Waals surface area contributed by atoms with Gasteiger partial charge in [0, 0.05) is 0 Å². The van der Waals surface area contributed by atoms with Crippen LogP contribution in [0.3, 0.4) is 0 Å². The predicted octanol–water partition coefficient (Wildman–Crippen LogP) is 3.05. The van der Waals surface area contributed by atoms with Crippen LogP contribution >= 0.6 is 0 Å². The summed E-state index contributed by atoms with van der Waals surface area (Å²) in [7, 11) is 0. The Bertz CT molecular complexity index is 400. The van der Waals surface area contributed by atoms with E-state index in [1.807, 2.05) is 0 Å². The maximum absolute atomic E-state index is 13.7. The number of ether oxygens (including phenoxy) is 1. The van der Waals surface area contributed by atoms with Crippen LogP contribution in [0.25, 0.3) is 0 Å². The summed E-state index contributed by atoms with van der Waals surface area (Å²) in [5.41, 5.74) is -1.31. The van der Waals surface area contributed by atoms with Crippen LogP contribution < -0.4 is 4.74 Å². The normalized spacial score (nSPS) is 21.6. The van der Waals surface area contributed by atoms with Gasteiger partial charge >= 0.3 is 0 Å². The Kier molecular flexibility index (Phi) is 1.93. The number of hydrogen-bond acceptors (Lipinski definition) is 2. The van der Waals surface area contributed by atoms with Gasteiger partial charge in [0.15, 0.2) is 0 Å². The highest BCUT2D eigenvalue weighted by atomic mass is 19.3. The summed E-state index contributed by atoms with van der Waals surface area (Å²) in [4.78, 5) is 0. The first-order chi connectivity index (χ1) is 6.82. The molecule has 1 aliphatic rings. The van der Waals surface area contributed by atoms with Crippen LogP contribution in [0.15, 0.2) is 18.2 Å². The second-order valence-electron chi connectivity index (χ2n) is 4.39. The van der Waals surface area contributed by atoms with E-state index >= 15 is 0 Å². The molecule has 1 aromatic rings. The summed E-state index contributed by atoms with van der Waals surface area (Å²) in [6, 6.07) is 4.18. The third-order valence-corrected chi connectivity index (χ3v) is 2.40. The lowest BCUT2D eigenvalue weighted by molar-refractivity contribution is -0.0944. The molecule has 2 rings (SSSR count). The van der Waals surface area contributed by atoms with E-state index in [1.54, 1.807) is 13.8 Å². The van der Waals surface area contributed by atoms with E-state index in [-0.39, 0.29) is 5.75 Å². The highest BCUT2D eigenvalue weighted by molar-refractivity contribution is 5.48. The largest absolute Gasteiger partial charge is 0.507 e. The molecule has 0 atom stereocenters. The fourth-order valence-electron chi connectivity index (χ4n) is 1.93. The number of halogens is 2. The number of hydrogen-bond donors (Lipinski definition) is 1. The second-order valence-corrected chi connectivity index (χ2v) is 4.39. The van der Waals surface area contributed by atoms with Gasteiger partial charge in [-0.1, -0.05) is 6.07 Å². The van der Waals surface area contributed by atoms with Gasteiger partial charge in [-0.15, -0.1) is 0 Å². The van der Waals surface area contributed by atoms with Crippen molar-refractivity contribution >= 4 is 0 Å². The van der Waals surface area contributed by atoms with Crippen molar-refractivity contribution in [2.45, 2.75) is 31.8 Å². The van der Waals surface area contributed by atoms with Crippen molar-refractivity contribution in [3.8, 4) is 11.5 Å². The molecule has 0 bridgehead atoms. The summed E-state index contributed by atoms with van der Waals surface area (Å²) < 4.78 is 32.8. The van der Waals surface area contributed by atoms with Gasteiger partial charge in [-0.25, -0.2) is 8.78 Å². The monoisotopic (exact) mass is 214 g/mol. The van der Waals surface area contributed by atoms with Gasteiger partial charge in [-0.05, 0) is 26.0 Å².